The summed E-state index contributed by atoms with van der Waals surface area (Å²) in [7, 11) is 0. The summed E-state index contributed by atoms with van der Waals surface area (Å²) in [6.07, 6.45) is 1.79. The first-order valence-corrected chi connectivity index (χ1v) is 6.13. The van der Waals surface area contributed by atoms with Gasteiger partial charge in [0.05, 0.1) is 5.92 Å². The highest BCUT2D eigenvalue weighted by Gasteiger charge is 2.37. The van der Waals surface area contributed by atoms with E-state index in [4.69, 9.17) is 5.11 Å². The first-order valence-electron chi connectivity index (χ1n) is 5.19. The Kier molecular flexibility index (Phi) is 3.07. The Labute approximate surface area is 93.1 Å². The molecule has 82 valence electrons. The lowest BCUT2D eigenvalue weighted by Crippen LogP contribution is -2.48. The van der Waals surface area contributed by atoms with E-state index in [1.807, 2.05) is 5.38 Å². The van der Waals surface area contributed by atoms with E-state index in [1.165, 1.54) is 5.56 Å². The summed E-state index contributed by atoms with van der Waals surface area (Å²) < 4.78 is 0. The van der Waals surface area contributed by atoms with Crippen molar-refractivity contribution < 1.29 is 9.90 Å². The molecule has 3 nitrogen and oxygen atoms in total. The molecule has 1 fully saturated rings. The van der Waals surface area contributed by atoms with Gasteiger partial charge in [0.25, 0.3) is 0 Å². The van der Waals surface area contributed by atoms with Crippen molar-refractivity contribution in [3.05, 3.63) is 22.4 Å². The van der Waals surface area contributed by atoms with Crippen molar-refractivity contribution >= 4 is 17.3 Å². The van der Waals surface area contributed by atoms with Crippen LogP contribution in [0, 0.1) is 5.92 Å². The Balaban J connectivity index is 1.90. The summed E-state index contributed by atoms with van der Waals surface area (Å²) in [4.78, 5) is 10.8. The minimum Gasteiger partial charge on any atom is -0.481 e. The molecule has 0 spiro atoms. The van der Waals surface area contributed by atoms with E-state index in [-0.39, 0.29) is 18.0 Å². The molecule has 0 bridgehead atoms. The number of thiophene rings is 1. The standard InChI is InChI=1S/C11H15NO2S/c1-7(8-4-5-15-6-8)12-10-3-2-9(10)11(13)14/h4-7,9-10,12H,2-3H2,1H3,(H,13,14). The Morgan fingerprint density at radius 3 is 2.93 bits per heavy atom. The summed E-state index contributed by atoms with van der Waals surface area (Å²) in [5.74, 6) is -0.859. The molecule has 0 aliphatic heterocycles. The Morgan fingerprint density at radius 1 is 1.67 bits per heavy atom. The van der Waals surface area contributed by atoms with Gasteiger partial charge in [-0.3, -0.25) is 4.79 Å². The van der Waals surface area contributed by atoms with Crippen molar-refractivity contribution in [1.29, 1.82) is 0 Å². The van der Waals surface area contributed by atoms with Crippen LogP contribution in [0.5, 0.6) is 0 Å². The van der Waals surface area contributed by atoms with Gasteiger partial charge in [-0.2, -0.15) is 11.3 Å². The van der Waals surface area contributed by atoms with E-state index < -0.39 is 5.97 Å². The highest BCUT2D eigenvalue weighted by molar-refractivity contribution is 7.07. The van der Waals surface area contributed by atoms with E-state index in [0.29, 0.717) is 0 Å². The fraction of sp³-hybridized carbons (Fsp3) is 0.545. The number of rotatable bonds is 4. The van der Waals surface area contributed by atoms with Crippen LogP contribution in [0.4, 0.5) is 0 Å². The van der Waals surface area contributed by atoms with Gasteiger partial charge in [-0.25, -0.2) is 0 Å². The topological polar surface area (TPSA) is 49.3 Å². The van der Waals surface area contributed by atoms with Gasteiger partial charge in [0.1, 0.15) is 0 Å². The lowest BCUT2D eigenvalue weighted by Gasteiger charge is -2.36. The molecule has 0 saturated heterocycles. The quantitative estimate of drug-likeness (QED) is 0.826. The second-order valence-corrected chi connectivity index (χ2v) is 4.85. The van der Waals surface area contributed by atoms with Gasteiger partial charge in [0.15, 0.2) is 0 Å². The highest BCUT2D eigenvalue weighted by atomic mass is 32.1. The zero-order valence-electron chi connectivity index (χ0n) is 8.64. The number of carbonyl (C=O) groups is 1. The summed E-state index contributed by atoms with van der Waals surface area (Å²) in [5.41, 5.74) is 1.25. The van der Waals surface area contributed by atoms with Crippen LogP contribution in [0.2, 0.25) is 0 Å². The molecule has 1 aromatic heterocycles. The zero-order valence-corrected chi connectivity index (χ0v) is 9.46. The van der Waals surface area contributed by atoms with Crippen LogP contribution in [-0.4, -0.2) is 17.1 Å². The predicted molar refractivity (Wildman–Crippen MR) is 60.0 cm³/mol. The summed E-state index contributed by atoms with van der Waals surface area (Å²) in [5, 5.41) is 16.4. The minimum absolute atomic E-state index is 0.150. The third-order valence-corrected chi connectivity index (χ3v) is 3.80. The molecule has 1 heterocycles. The number of hydrogen-bond acceptors (Lipinski definition) is 3. The second kappa shape index (κ2) is 4.33. The van der Waals surface area contributed by atoms with E-state index >= 15 is 0 Å². The fourth-order valence-corrected chi connectivity index (χ4v) is 2.69. The van der Waals surface area contributed by atoms with Crippen LogP contribution >= 0.6 is 11.3 Å². The molecule has 0 aromatic carbocycles. The molecule has 2 rings (SSSR count). The maximum Gasteiger partial charge on any atom is 0.308 e. The number of carboxylic acids is 1. The van der Waals surface area contributed by atoms with Crippen molar-refractivity contribution in [2.24, 2.45) is 5.92 Å². The van der Waals surface area contributed by atoms with Crippen LogP contribution in [0.3, 0.4) is 0 Å². The van der Waals surface area contributed by atoms with Crippen LogP contribution < -0.4 is 5.32 Å². The molecule has 3 atom stereocenters. The normalized spacial score (nSPS) is 27.0. The average molecular weight is 225 g/mol. The highest BCUT2D eigenvalue weighted by Crippen LogP contribution is 2.30. The summed E-state index contributed by atoms with van der Waals surface area (Å²) in [6, 6.07) is 2.48. The van der Waals surface area contributed by atoms with E-state index in [0.717, 1.165) is 12.8 Å². The third-order valence-electron chi connectivity index (χ3n) is 3.10. The van der Waals surface area contributed by atoms with Crippen LogP contribution in [-0.2, 0) is 4.79 Å². The summed E-state index contributed by atoms with van der Waals surface area (Å²) >= 11 is 1.67. The number of hydrogen-bond donors (Lipinski definition) is 2. The molecular formula is C11H15NO2S. The van der Waals surface area contributed by atoms with Crippen molar-refractivity contribution in [1.82, 2.24) is 5.32 Å². The van der Waals surface area contributed by atoms with E-state index in [9.17, 15) is 4.79 Å². The van der Waals surface area contributed by atoms with Crippen molar-refractivity contribution in [3.63, 3.8) is 0 Å². The summed E-state index contributed by atoms with van der Waals surface area (Å²) in [6.45, 7) is 2.08. The molecule has 1 saturated carbocycles. The van der Waals surface area contributed by atoms with Crippen LogP contribution in [0.25, 0.3) is 0 Å². The number of carboxylic acid groups (broad SMARTS) is 1. The van der Waals surface area contributed by atoms with Crippen molar-refractivity contribution in [3.8, 4) is 0 Å². The molecular weight excluding hydrogens is 210 g/mol. The lowest BCUT2D eigenvalue weighted by molar-refractivity contribution is -0.146. The molecule has 3 unspecified atom stereocenters. The predicted octanol–water partition coefficient (Wildman–Crippen LogP) is 2.26. The SMILES string of the molecule is CC(NC1CCC1C(=O)O)c1ccsc1. The Hall–Kier alpha value is -0.870. The van der Waals surface area contributed by atoms with Crippen LogP contribution in [0.1, 0.15) is 31.4 Å². The monoisotopic (exact) mass is 225 g/mol. The maximum atomic E-state index is 10.8. The molecule has 0 radical (unpaired) electrons. The van der Waals surface area contributed by atoms with Gasteiger partial charge >= 0.3 is 5.97 Å². The van der Waals surface area contributed by atoms with Crippen molar-refractivity contribution in [2.75, 3.05) is 0 Å². The second-order valence-electron chi connectivity index (χ2n) is 4.07. The van der Waals surface area contributed by atoms with E-state index in [1.54, 1.807) is 11.3 Å². The van der Waals surface area contributed by atoms with Gasteiger partial charge in [-0.05, 0) is 42.2 Å². The molecule has 0 amide bonds. The first kappa shape index (κ1) is 10.6. The fourth-order valence-electron chi connectivity index (χ4n) is 1.93. The van der Waals surface area contributed by atoms with Gasteiger partial charge < -0.3 is 10.4 Å². The van der Waals surface area contributed by atoms with E-state index in [2.05, 4.69) is 23.7 Å². The maximum absolute atomic E-state index is 10.8. The molecule has 1 aliphatic rings. The largest absolute Gasteiger partial charge is 0.481 e. The molecule has 4 heteroatoms. The lowest BCUT2D eigenvalue weighted by atomic mass is 9.79. The molecule has 15 heavy (non-hydrogen) atoms. The van der Waals surface area contributed by atoms with Gasteiger partial charge in [0, 0.05) is 12.1 Å². The zero-order chi connectivity index (χ0) is 10.8. The van der Waals surface area contributed by atoms with Crippen molar-refractivity contribution in [2.45, 2.75) is 31.8 Å². The first-order chi connectivity index (χ1) is 7.18. The van der Waals surface area contributed by atoms with Gasteiger partial charge in [0.2, 0.25) is 0 Å². The number of aliphatic carboxylic acids is 1. The Morgan fingerprint density at radius 2 is 2.47 bits per heavy atom. The molecule has 2 N–H and O–H groups in total. The smallest absolute Gasteiger partial charge is 0.308 e. The molecule has 1 aromatic rings. The van der Waals surface area contributed by atoms with Gasteiger partial charge in [-0.15, -0.1) is 0 Å². The average Bonchev–Trinajstić information content (AvgIpc) is 2.63. The Bertz CT molecular complexity index is 336. The molecule has 1 aliphatic carbocycles. The third kappa shape index (κ3) is 2.21. The van der Waals surface area contributed by atoms with Gasteiger partial charge in [-0.1, -0.05) is 0 Å². The number of nitrogens with one attached hydrogen (secondary N) is 1. The minimum atomic E-state index is -0.670. The van der Waals surface area contributed by atoms with Crippen LogP contribution in [0.15, 0.2) is 16.8 Å².